The maximum absolute atomic E-state index is 13.6. The molecule has 2 unspecified atom stereocenters. The zero-order chi connectivity index (χ0) is 22.5. The standard InChI is InChI=1S/C21H23F3N4O3/c1-12(18(29)27-9-5-6-10-27)28-11-15-16(19(28)30)17(25-20(31)26(15)2)13-7-3-4-8-14(13)21(22,23)24/h3-4,7-8,12,17H,5-6,9-11H2,1-2H3,(H,25,31). The van der Waals surface area contributed by atoms with Gasteiger partial charge in [-0.15, -0.1) is 0 Å². The average Bonchev–Trinajstić information content (AvgIpc) is 3.38. The third kappa shape index (κ3) is 3.53. The number of nitrogens with zero attached hydrogens (tertiary/aromatic N) is 3. The number of carbonyl (C=O) groups is 3. The molecule has 3 heterocycles. The van der Waals surface area contributed by atoms with Crippen molar-refractivity contribution in [3.8, 4) is 0 Å². The minimum absolute atomic E-state index is 0.0104. The molecule has 166 valence electrons. The fourth-order valence-electron chi connectivity index (χ4n) is 4.48. The number of alkyl halides is 3. The number of hydrogen-bond acceptors (Lipinski definition) is 3. The van der Waals surface area contributed by atoms with Crippen molar-refractivity contribution in [2.45, 2.75) is 38.0 Å². The lowest BCUT2D eigenvalue weighted by Crippen LogP contribution is -2.47. The normalized spacial score (nSPS) is 22.7. The predicted molar refractivity (Wildman–Crippen MR) is 104 cm³/mol. The Morgan fingerprint density at radius 3 is 2.45 bits per heavy atom. The second-order valence-electron chi connectivity index (χ2n) is 8.03. The molecule has 0 aliphatic carbocycles. The zero-order valence-corrected chi connectivity index (χ0v) is 17.2. The number of nitrogens with one attached hydrogen (secondary N) is 1. The summed E-state index contributed by atoms with van der Waals surface area (Å²) in [6, 6.07) is 2.26. The molecule has 1 aromatic carbocycles. The maximum atomic E-state index is 13.6. The average molecular weight is 436 g/mol. The molecular formula is C21H23F3N4O3. The molecule has 4 rings (SSSR count). The summed E-state index contributed by atoms with van der Waals surface area (Å²) in [6.07, 6.45) is -2.84. The molecule has 7 nitrogen and oxygen atoms in total. The van der Waals surface area contributed by atoms with E-state index in [0.717, 1.165) is 18.9 Å². The van der Waals surface area contributed by atoms with E-state index in [2.05, 4.69) is 5.32 Å². The highest BCUT2D eigenvalue weighted by atomic mass is 19.4. The first-order valence-corrected chi connectivity index (χ1v) is 10.1. The van der Waals surface area contributed by atoms with Crippen LogP contribution in [0.3, 0.4) is 0 Å². The van der Waals surface area contributed by atoms with Gasteiger partial charge in [-0.1, -0.05) is 18.2 Å². The van der Waals surface area contributed by atoms with E-state index in [-0.39, 0.29) is 23.6 Å². The lowest BCUT2D eigenvalue weighted by atomic mass is 9.91. The van der Waals surface area contributed by atoms with Gasteiger partial charge in [-0.2, -0.15) is 13.2 Å². The first-order valence-electron chi connectivity index (χ1n) is 10.1. The molecule has 3 aliphatic heterocycles. The number of urea groups is 1. The highest BCUT2D eigenvalue weighted by Gasteiger charge is 2.47. The van der Waals surface area contributed by atoms with Gasteiger partial charge in [0, 0.05) is 20.1 Å². The molecule has 0 radical (unpaired) electrons. The maximum Gasteiger partial charge on any atom is 0.416 e. The van der Waals surface area contributed by atoms with Crippen molar-refractivity contribution < 1.29 is 27.6 Å². The van der Waals surface area contributed by atoms with Gasteiger partial charge < -0.3 is 15.1 Å². The van der Waals surface area contributed by atoms with Gasteiger partial charge in [-0.25, -0.2) is 4.79 Å². The van der Waals surface area contributed by atoms with Gasteiger partial charge in [0.05, 0.1) is 29.4 Å². The molecule has 1 fully saturated rings. The van der Waals surface area contributed by atoms with Crippen LogP contribution < -0.4 is 5.32 Å². The number of carbonyl (C=O) groups excluding carboxylic acids is 3. The van der Waals surface area contributed by atoms with Crippen LogP contribution in [0.25, 0.3) is 0 Å². The van der Waals surface area contributed by atoms with Gasteiger partial charge in [0.2, 0.25) is 5.91 Å². The molecule has 1 saturated heterocycles. The van der Waals surface area contributed by atoms with Crippen molar-refractivity contribution in [2.75, 3.05) is 26.7 Å². The van der Waals surface area contributed by atoms with E-state index in [9.17, 15) is 27.6 Å². The van der Waals surface area contributed by atoms with Crippen LogP contribution in [0.2, 0.25) is 0 Å². The van der Waals surface area contributed by atoms with Crippen molar-refractivity contribution in [3.63, 3.8) is 0 Å². The molecule has 0 saturated carbocycles. The lowest BCUT2D eigenvalue weighted by Gasteiger charge is -2.32. The summed E-state index contributed by atoms with van der Waals surface area (Å²) in [6.45, 7) is 2.86. The van der Waals surface area contributed by atoms with Crippen LogP contribution in [0.4, 0.5) is 18.0 Å². The molecular weight excluding hydrogens is 413 g/mol. The molecule has 4 amide bonds. The number of rotatable bonds is 3. The highest BCUT2D eigenvalue weighted by Crippen LogP contribution is 2.41. The van der Waals surface area contributed by atoms with Crippen LogP contribution >= 0.6 is 0 Å². The van der Waals surface area contributed by atoms with E-state index in [1.165, 1.54) is 35.0 Å². The molecule has 3 aliphatic rings. The van der Waals surface area contributed by atoms with Crippen molar-refractivity contribution in [3.05, 3.63) is 46.7 Å². The van der Waals surface area contributed by atoms with Gasteiger partial charge in [0.25, 0.3) is 5.91 Å². The Bertz CT molecular complexity index is 969. The minimum atomic E-state index is -4.65. The third-order valence-corrected chi connectivity index (χ3v) is 6.21. The smallest absolute Gasteiger partial charge is 0.341 e. The largest absolute Gasteiger partial charge is 0.416 e. The molecule has 10 heteroatoms. The summed E-state index contributed by atoms with van der Waals surface area (Å²) in [5.41, 5.74) is -0.724. The van der Waals surface area contributed by atoms with E-state index in [1.807, 2.05) is 0 Å². The molecule has 1 N–H and O–H groups in total. The molecule has 1 aromatic rings. The lowest BCUT2D eigenvalue weighted by molar-refractivity contribution is -0.141. The van der Waals surface area contributed by atoms with Crippen LogP contribution in [0.5, 0.6) is 0 Å². The Hall–Kier alpha value is -3.04. The SMILES string of the molecule is CC(C(=O)N1CCCC1)N1CC2=C(C1=O)C(c1ccccc1C(F)(F)F)NC(=O)N2C. The Balaban J connectivity index is 1.71. The molecule has 0 bridgehead atoms. The molecule has 2 atom stereocenters. The summed E-state index contributed by atoms with van der Waals surface area (Å²) in [7, 11) is 1.46. The summed E-state index contributed by atoms with van der Waals surface area (Å²) in [5.74, 6) is -0.733. The Kier molecular flexibility index (Phi) is 5.18. The molecule has 0 aromatic heterocycles. The third-order valence-electron chi connectivity index (χ3n) is 6.21. The van der Waals surface area contributed by atoms with Crippen LogP contribution in [-0.2, 0) is 15.8 Å². The van der Waals surface area contributed by atoms with E-state index < -0.39 is 35.8 Å². The number of halogens is 3. The summed E-state index contributed by atoms with van der Waals surface area (Å²) in [5, 5.41) is 2.53. The van der Waals surface area contributed by atoms with Crippen LogP contribution in [-0.4, -0.2) is 65.3 Å². The summed E-state index contributed by atoms with van der Waals surface area (Å²) in [4.78, 5) is 42.9. The van der Waals surface area contributed by atoms with Crippen LogP contribution in [0.1, 0.15) is 36.9 Å². The number of likely N-dealkylation sites (tertiary alicyclic amines) is 1. The van der Waals surface area contributed by atoms with Crippen LogP contribution in [0, 0.1) is 0 Å². The number of likely N-dealkylation sites (N-methyl/N-ethyl adjacent to an activating group) is 1. The fourth-order valence-corrected chi connectivity index (χ4v) is 4.48. The first-order chi connectivity index (χ1) is 14.6. The zero-order valence-electron chi connectivity index (χ0n) is 17.2. The van der Waals surface area contributed by atoms with Crippen molar-refractivity contribution in [1.29, 1.82) is 0 Å². The second kappa shape index (κ2) is 7.58. The van der Waals surface area contributed by atoms with Crippen LogP contribution in [0.15, 0.2) is 35.5 Å². The van der Waals surface area contributed by atoms with E-state index in [0.29, 0.717) is 18.8 Å². The Labute approximate surface area is 177 Å². The quantitative estimate of drug-likeness (QED) is 0.792. The second-order valence-corrected chi connectivity index (χ2v) is 8.03. The summed E-state index contributed by atoms with van der Waals surface area (Å²) < 4.78 is 40.9. The van der Waals surface area contributed by atoms with Crippen molar-refractivity contribution >= 4 is 17.8 Å². The molecule has 31 heavy (non-hydrogen) atoms. The number of amides is 4. The van der Waals surface area contributed by atoms with Gasteiger partial charge in [-0.05, 0) is 31.4 Å². The van der Waals surface area contributed by atoms with E-state index in [1.54, 1.807) is 11.8 Å². The number of benzene rings is 1. The van der Waals surface area contributed by atoms with Gasteiger partial charge in [-0.3, -0.25) is 14.5 Å². The highest BCUT2D eigenvalue weighted by molar-refractivity contribution is 6.03. The number of hydrogen-bond donors (Lipinski definition) is 1. The van der Waals surface area contributed by atoms with E-state index >= 15 is 0 Å². The minimum Gasteiger partial charge on any atom is -0.341 e. The first kappa shape index (κ1) is 21.2. The van der Waals surface area contributed by atoms with E-state index in [4.69, 9.17) is 0 Å². The van der Waals surface area contributed by atoms with Crippen molar-refractivity contribution in [2.24, 2.45) is 0 Å². The van der Waals surface area contributed by atoms with Crippen molar-refractivity contribution in [1.82, 2.24) is 20.0 Å². The van der Waals surface area contributed by atoms with Gasteiger partial charge in [0.1, 0.15) is 6.04 Å². The summed E-state index contributed by atoms with van der Waals surface area (Å²) >= 11 is 0. The Morgan fingerprint density at radius 2 is 1.81 bits per heavy atom. The van der Waals surface area contributed by atoms with Gasteiger partial charge in [0.15, 0.2) is 0 Å². The monoisotopic (exact) mass is 436 g/mol. The fraction of sp³-hybridized carbons (Fsp3) is 0.476. The van der Waals surface area contributed by atoms with Gasteiger partial charge >= 0.3 is 12.2 Å². The topological polar surface area (TPSA) is 73.0 Å². The molecule has 0 spiro atoms. The Morgan fingerprint density at radius 1 is 1.16 bits per heavy atom. The predicted octanol–water partition coefficient (Wildman–Crippen LogP) is 2.51.